The maximum Gasteiger partial charge on any atom is 0.416 e. The molecule has 0 bridgehead atoms. The Hall–Kier alpha value is -3.18. The molecule has 36 heavy (non-hydrogen) atoms. The first-order valence-corrected chi connectivity index (χ1v) is 11.8. The van der Waals surface area contributed by atoms with Gasteiger partial charge in [-0.15, -0.1) is 0 Å². The van der Waals surface area contributed by atoms with Crippen LogP contribution in [0.3, 0.4) is 0 Å². The summed E-state index contributed by atoms with van der Waals surface area (Å²) in [4.78, 5) is 23.4. The molecule has 11 heteroatoms. The standard InChI is InChI=1S/C25H26F3N3O5/c1-33-20-12-16(24(32)31-7-10-34-11-8-31)3-2-15(20)13-21-29-19-5-4-18(25(26,27)28)22(19)23(30-21)36-17-6-9-35-14-17/h2-4,12,17H,5-11,13-14H2,1H3. The van der Waals surface area contributed by atoms with Crippen LogP contribution >= 0.6 is 0 Å². The molecule has 2 aromatic rings. The van der Waals surface area contributed by atoms with Crippen molar-refractivity contribution in [1.82, 2.24) is 14.9 Å². The zero-order valence-electron chi connectivity index (χ0n) is 19.8. The third kappa shape index (κ3) is 5.03. The van der Waals surface area contributed by atoms with Crippen LogP contribution in [0.2, 0.25) is 0 Å². The minimum Gasteiger partial charge on any atom is -0.496 e. The molecule has 1 aromatic heterocycles. The molecule has 0 spiro atoms. The van der Waals surface area contributed by atoms with Gasteiger partial charge in [0, 0.05) is 43.5 Å². The van der Waals surface area contributed by atoms with Crippen molar-refractivity contribution in [3.05, 3.63) is 52.5 Å². The van der Waals surface area contributed by atoms with Crippen LogP contribution in [0.15, 0.2) is 24.3 Å². The average Bonchev–Trinajstić information content (AvgIpc) is 3.54. The maximum atomic E-state index is 13.7. The first-order valence-electron chi connectivity index (χ1n) is 11.8. The molecule has 1 aliphatic carbocycles. The van der Waals surface area contributed by atoms with Crippen molar-refractivity contribution in [3.63, 3.8) is 0 Å². The van der Waals surface area contributed by atoms with E-state index in [-0.39, 0.29) is 42.0 Å². The number of ether oxygens (including phenoxy) is 4. The number of aromatic nitrogens is 2. The molecule has 2 fully saturated rings. The van der Waals surface area contributed by atoms with Crippen LogP contribution < -0.4 is 9.47 Å². The lowest BCUT2D eigenvalue weighted by molar-refractivity contribution is -0.0690. The predicted molar refractivity (Wildman–Crippen MR) is 122 cm³/mol. The van der Waals surface area contributed by atoms with Gasteiger partial charge in [0.15, 0.2) is 0 Å². The van der Waals surface area contributed by atoms with E-state index < -0.39 is 11.7 Å². The Morgan fingerprint density at radius 2 is 1.97 bits per heavy atom. The molecule has 0 N–H and O–H groups in total. The highest BCUT2D eigenvalue weighted by Crippen LogP contribution is 2.43. The molecule has 3 aliphatic rings. The number of alkyl halides is 3. The van der Waals surface area contributed by atoms with Gasteiger partial charge in [0.25, 0.3) is 5.91 Å². The number of allylic oxidation sites excluding steroid dienone is 2. The fourth-order valence-corrected chi connectivity index (χ4v) is 4.58. The quantitative estimate of drug-likeness (QED) is 0.596. The smallest absolute Gasteiger partial charge is 0.416 e. The molecular formula is C25H26F3N3O5. The zero-order valence-corrected chi connectivity index (χ0v) is 19.8. The van der Waals surface area contributed by atoms with E-state index in [2.05, 4.69) is 9.97 Å². The van der Waals surface area contributed by atoms with Gasteiger partial charge in [0.1, 0.15) is 17.7 Å². The summed E-state index contributed by atoms with van der Waals surface area (Å²) in [5.74, 6) is 0.589. The molecule has 1 amide bonds. The second kappa shape index (κ2) is 10.1. The summed E-state index contributed by atoms with van der Waals surface area (Å²) < 4.78 is 63.0. The van der Waals surface area contributed by atoms with Crippen LogP contribution in [0.5, 0.6) is 11.6 Å². The second-order valence-electron chi connectivity index (χ2n) is 8.80. The van der Waals surface area contributed by atoms with E-state index in [0.717, 1.165) is 6.08 Å². The lowest BCUT2D eigenvalue weighted by Crippen LogP contribution is -2.40. The fourth-order valence-electron chi connectivity index (χ4n) is 4.58. The van der Waals surface area contributed by atoms with E-state index >= 15 is 0 Å². The zero-order chi connectivity index (χ0) is 25.3. The Bertz CT molecular complexity index is 1170. The number of carbonyl (C=O) groups excluding carboxylic acids is 1. The topological polar surface area (TPSA) is 83.0 Å². The lowest BCUT2D eigenvalue weighted by Gasteiger charge is -2.27. The number of morpholine rings is 1. The van der Waals surface area contributed by atoms with Crippen LogP contribution in [0, 0.1) is 0 Å². The van der Waals surface area contributed by atoms with Crippen molar-refractivity contribution in [1.29, 1.82) is 0 Å². The Balaban J connectivity index is 1.43. The van der Waals surface area contributed by atoms with Crippen LogP contribution in [0.4, 0.5) is 13.2 Å². The van der Waals surface area contributed by atoms with Gasteiger partial charge in [-0.2, -0.15) is 18.2 Å². The Kier molecular flexibility index (Phi) is 6.85. The first kappa shape index (κ1) is 24.5. The van der Waals surface area contributed by atoms with Gasteiger partial charge in [-0.3, -0.25) is 4.79 Å². The third-order valence-electron chi connectivity index (χ3n) is 6.42. The average molecular weight is 505 g/mol. The second-order valence-corrected chi connectivity index (χ2v) is 8.80. The van der Waals surface area contributed by atoms with Crippen LogP contribution in [-0.4, -0.2) is 79.7 Å². The fraction of sp³-hybridized carbons (Fsp3) is 0.480. The number of benzene rings is 1. The summed E-state index contributed by atoms with van der Waals surface area (Å²) in [6, 6.07) is 5.13. The molecule has 192 valence electrons. The highest BCUT2D eigenvalue weighted by atomic mass is 19.4. The van der Waals surface area contributed by atoms with Gasteiger partial charge in [0.2, 0.25) is 5.88 Å². The molecular weight excluding hydrogens is 479 g/mol. The molecule has 1 aromatic carbocycles. The molecule has 0 saturated carbocycles. The van der Waals surface area contributed by atoms with Gasteiger partial charge in [-0.05, 0) is 12.1 Å². The number of rotatable bonds is 6. The minimum atomic E-state index is -4.54. The van der Waals surface area contributed by atoms with Gasteiger partial charge < -0.3 is 23.8 Å². The molecule has 2 saturated heterocycles. The van der Waals surface area contributed by atoms with Gasteiger partial charge in [-0.25, -0.2) is 4.98 Å². The van der Waals surface area contributed by atoms with Gasteiger partial charge in [-0.1, -0.05) is 12.1 Å². The third-order valence-corrected chi connectivity index (χ3v) is 6.42. The maximum absolute atomic E-state index is 13.7. The van der Waals surface area contributed by atoms with Crippen molar-refractivity contribution in [2.75, 3.05) is 46.6 Å². The summed E-state index contributed by atoms with van der Waals surface area (Å²) in [6.07, 6.45) is -2.97. The van der Waals surface area contributed by atoms with E-state index in [1.54, 1.807) is 23.1 Å². The number of fused-ring (bicyclic) bond motifs is 1. The molecule has 2 aliphatic heterocycles. The number of carbonyl (C=O) groups is 1. The molecule has 3 heterocycles. The van der Waals surface area contributed by atoms with Crippen molar-refractivity contribution < 1.29 is 36.9 Å². The monoisotopic (exact) mass is 505 g/mol. The Morgan fingerprint density at radius 3 is 2.67 bits per heavy atom. The lowest BCUT2D eigenvalue weighted by atomic mass is 10.1. The van der Waals surface area contributed by atoms with Crippen molar-refractivity contribution >= 4 is 11.5 Å². The summed E-state index contributed by atoms with van der Waals surface area (Å²) >= 11 is 0. The van der Waals surface area contributed by atoms with Crippen molar-refractivity contribution in [2.45, 2.75) is 31.5 Å². The minimum absolute atomic E-state index is 0.0430. The van der Waals surface area contributed by atoms with E-state index in [1.165, 1.54) is 7.11 Å². The Labute approximate surface area is 206 Å². The molecule has 1 unspecified atom stereocenters. The predicted octanol–water partition coefficient (Wildman–Crippen LogP) is 3.22. The normalized spacial score (nSPS) is 19.7. The van der Waals surface area contributed by atoms with E-state index in [4.69, 9.17) is 18.9 Å². The largest absolute Gasteiger partial charge is 0.496 e. The summed E-state index contributed by atoms with van der Waals surface area (Å²) in [5.41, 5.74) is 0.585. The summed E-state index contributed by atoms with van der Waals surface area (Å²) in [6.45, 7) is 2.83. The number of methoxy groups -OCH3 is 1. The molecule has 0 radical (unpaired) electrons. The number of nitrogens with zero attached hydrogens (tertiary/aromatic N) is 3. The SMILES string of the molecule is COc1cc(C(=O)N2CCOCC2)ccc1Cc1nc2c(c(OC3CCOC3)n1)C(C(F)(F)F)=CC2. The molecule has 5 rings (SSSR count). The Morgan fingerprint density at radius 1 is 1.17 bits per heavy atom. The van der Waals surface area contributed by atoms with E-state index in [9.17, 15) is 18.0 Å². The van der Waals surface area contributed by atoms with Gasteiger partial charge in [0.05, 0.1) is 50.4 Å². The molecule has 8 nitrogen and oxygen atoms in total. The van der Waals surface area contributed by atoms with Gasteiger partial charge >= 0.3 is 6.18 Å². The first-order chi connectivity index (χ1) is 17.3. The number of amides is 1. The van der Waals surface area contributed by atoms with E-state index in [1.807, 2.05) is 0 Å². The molecule has 1 atom stereocenters. The summed E-state index contributed by atoms with van der Waals surface area (Å²) in [7, 11) is 1.50. The highest BCUT2D eigenvalue weighted by Gasteiger charge is 2.41. The summed E-state index contributed by atoms with van der Waals surface area (Å²) in [5, 5.41) is 0. The highest BCUT2D eigenvalue weighted by molar-refractivity contribution is 5.94. The number of hydrogen-bond acceptors (Lipinski definition) is 7. The van der Waals surface area contributed by atoms with E-state index in [0.29, 0.717) is 68.6 Å². The van der Waals surface area contributed by atoms with Crippen LogP contribution in [-0.2, 0) is 22.3 Å². The van der Waals surface area contributed by atoms with Crippen LogP contribution in [0.1, 0.15) is 39.4 Å². The number of hydrogen-bond donors (Lipinski definition) is 0. The van der Waals surface area contributed by atoms with Crippen LogP contribution in [0.25, 0.3) is 5.57 Å². The van der Waals surface area contributed by atoms with Crippen molar-refractivity contribution in [2.24, 2.45) is 0 Å². The number of halogens is 3. The van der Waals surface area contributed by atoms with Crippen molar-refractivity contribution in [3.8, 4) is 11.6 Å².